The fourth-order valence-electron chi connectivity index (χ4n) is 1.56. The smallest absolute Gasteiger partial charge is 0.0992 e. The maximum atomic E-state index is 8.90. The van der Waals surface area contributed by atoms with Crippen molar-refractivity contribution >= 4 is 37.5 Å². The van der Waals surface area contributed by atoms with Gasteiger partial charge in [-0.3, -0.25) is 0 Å². The lowest BCUT2D eigenvalue weighted by molar-refractivity contribution is 1.15. The summed E-state index contributed by atoms with van der Waals surface area (Å²) in [6, 6.07) is 15.9. The standard InChI is InChI=1S/C14H10Br2N2/c15-12-3-1-10(2-4-12)9-18-14-6-11(8-17)5-13(16)7-14/h1-7,18H,9H2. The van der Waals surface area contributed by atoms with Crippen LogP contribution in [0.5, 0.6) is 0 Å². The Balaban J connectivity index is 2.08. The second-order valence-corrected chi connectivity index (χ2v) is 5.65. The molecule has 0 aromatic heterocycles. The highest BCUT2D eigenvalue weighted by molar-refractivity contribution is 9.10. The Morgan fingerprint density at radius 3 is 2.39 bits per heavy atom. The lowest BCUT2D eigenvalue weighted by atomic mass is 10.2. The summed E-state index contributed by atoms with van der Waals surface area (Å²) >= 11 is 6.80. The molecule has 2 aromatic rings. The highest BCUT2D eigenvalue weighted by Gasteiger charge is 1.99. The Morgan fingerprint density at radius 1 is 1.00 bits per heavy atom. The number of hydrogen-bond acceptors (Lipinski definition) is 2. The number of anilines is 1. The summed E-state index contributed by atoms with van der Waals surface area (Å²) in [5.41, 5.74) is 2.77. The van der Waals surface area contributed by atoms with Crippen LogP contribution in [0.25, 0.3) is 0 Å². The van der Waals surface area contributed by atoms with Gasteiger partial charge in [0.15, 0.2) is 0 Å². The molecule has 4 heteroatoms. The molecule has 0 amide bonds. The molecule has 0 saturated carbocycles. The molecular formula is C14H10Br2N2. The van der Waals surface area contributed by atoms with E-state index in [1.807, 2.05) is 24.3 Å². The highest BCUT2D eigenvalue weighted by Crippen LogP contribution is 2.20. The molecule has 0 atom stereocenters. The quantitative estimate of drug-likeness (QED) is 0.855. The molecule has 0 bridgehead atoms. The molecule has 0 saturated heterocycles. The molecule has 0 heterocycles. The minimum atomic E-state index is 0.641. The van der Waals surface area contributed by atoms with E-state index in [0.717, 1.165) is 21.2 Å². The average Bonchev–Trinajstić information content (AvgIpc) is 2.37. The number of nitrogens with zero attached hydrogens (tertiary/aromatic N) is 1. The van der Waals surface area contributed by atoms with Crippen molar-refractivity contribution in [1.82, 2.24) is 0 Å². The first-order valence-electron chi connectivity index (χ1n) is 5.36. The van der Waals surface area contributed by atoms with E-state index in [4.69, 9.17) is 5.26 Å². The van der Waals surface area contributed by atoms with Crippen molar-refractivity contribution in [2.75, 3.05) is 5.32 Å². The second kappa shape index (κ2) is 6.03. The van der Waals surface area contributed by atoms with Crippen LogP contribution in [0.2, 0.25) is 0 Å². The van der Waals surface area contributed by atoms with Gasteiger partial charge in [0.25, 0.3) is 0 Å². The van der Waals surface area contributed by atoms with Crippen LogP contribution >= 0.6 is 31.9 Å². The first-order valence-corrected chi connectivity index (χ1v) is 6.95. The minimum absolute atomic E-state index is 0.641. The van der Waals surface area contributed by atoms with Gasteiger partial charge < -0.3 is 5.32 Å². The molecular weight excluding hydrogens is 356 g/mol. The summed E-state index contributed by atoms with van der Waals surface area (Å²) in [5, 5.41) is 12.2. The maximum absolute atomic E-state index is 8.90. The molecule has 2 rings (SSSR count). The van der Waals surface area contributed by atoms with Gasteiger partial charge in [-0.2, -0.15) is 5.26 Å². The summed E-state index contributed by atoms with van der Waals surface area (Å²) in [4.78, 5) is 0. The maximum Gasteiger partial charge on any atom is 0.0992 e. The number of halogens is 2. The zero-order valence-electron chi connectivity index (χ0n) is 9.45. The summed E-state index contributed by atoms with van der Waals surface area (Å²) < 4.78 is 1.97. The van der Waals surface area contributed by atoms with Crippen LogP contribution < -0.4 is 5.32 Å². The summed E-state index contributed by atoms with van der Waals surface area (Å²) in [5.74, 6) is 0. The van der Waals surface area contributed by atoms with Crippen molar-refractivity contribution in [3.8, 4) is 6.07 Å². The molecule has 18 heavy (non-hydrogen) atoms. The fraction of sp³-hybridized carbons (Fsp3) is 0.0714. The highest BCUT2D eigenvalue weighted by atomic mass is 79.9. The minimum Gasteiger partial charge on any atom is -0.381 e. The van der Waals surface area contributed by atoms with Crippen LogP contribution in [0.3, 0.4) is 0 Å². The lowest BCUT2D eigenvalue weighted by Gasteiger charge is -2.07. The van der Waals surface area contributed by atoms with Crippen molar-refractivity contribution in [2.45, 2.75) is 6.54 Å². The fourth-order valence-corrected chi connectivity index (χ4v) is 2.32. The Hall–Kier alpha value is -1.31. The Labute approximate surface area is 123 Å². The third-order valence-corrected chi connectivity index (χ3v) is 3.42. The van der Waals surface area contributed by atoms with Crippen molar-refractivity contribution in [2.24, 2.45) is 0 Å². The molecule has 0 spiro atoms. The van der Waals surface area contributed by atoms with Crippen LogP contribution in [0, 0.1) is 11.3 Å². The van der Waals surface area contributed by atoms with E-state index in [2.05, 4.69) is 55.4 Å². The third kappa shape index (κ3) is 3.59. The predicted molar refractivity (Wildman–Crippen MR) is 80.3 cm³/mol. The normalized spacial score (nSPS) is 9.83. The van der Waals surface area contributed by atoms with E-state index < -0.39 is 0 Å². The van der Waals surface area contributed by atoms with Gasteiger partial charge in [-0.15, -0.1) is 0 Å². The zero-order chi connectivity index (χ0) is 13.0. The van der Waals surface area contributed by atoms with Crippen molar-refractivity contribution in [3.63, 3.8) is 0 Å². The largest absolute Gasteiger partial charge is 0.381 e. The molecule has 2 nitrogen and oxygen atoms in total. The molecule has 90 valence electrons. The molecule has 0 radical (unpaired) electrons. The van der Waals surface area contributed by atoms with E-state index in [1.54, 1.807) is 6.07 Å². The second-order valence-electron chi connectivity index (χ2n) is 3.82. The number of benzene rings is 2. The van der Waals surface area contributed by atoms with Crippen molar-refractivity contribution in [3.05, 3.63) is 62.5 Å². The summed E-state index contributed by atoms with van der Waals surface area (Å²) in [6.07, 6.45) is 0. The van der Waals surface area contributed by atoms with Crippen molar-refractivity contribution in [1.29, 1.82) is 5.26 Å². The van der Waals surface area contributed by atoms with Gasteiger partial charge in [0.1, 0.15) is 0 Å². The number of rotatable bonds is 3. The number of nitriles is 1. The van der Waals surface area contributed by atoms with E-state index in [-0.39, 0.29) is 0 Å². The van der Waals surface area contributed by atoms with E-state index in [0.29, 0.717) is 5.56 Å². The van der Waals surface area contributed by atoms with E-state index in [1.165, 1.54) is 5.56 Å². The van der Waals surface area contributed by atoms with E-state index in [9.17, 15) is 0 Å². The van der Waals surface area contributed by atoms with Crippen molar-refractivity contribution < 1.29 is 0 Å². The van der Waals surface area contributed by atoms with Crippen LogP contribution in [-0.4, -0.2) is 0 Å². The SMILES string of the molecule is N#Cc1cc(Br)cc(NCc2ccc(Br)cc2)c1. The van der Waals surface area contributed by atoms with Gasteiger partial charge in [0.2, 0.25) is 0 Å². The molecule has 2 aromatic carbocycles. The molecule has 0 unspecified atom stereocenters. The van der Waals surface area contributed by atoms with Gasteiger partial charge in [-0.1, -0.05) is 44.0 Å². The number of hydrogen-bond donors (Lipinski definition) is 1. The van der Waals surface area contributed by atoms with Gasteiger partial charge in [-0.25, -0.2) is 0 Å². The van der Waals surface area contributed by atoms with Crippen LogP contribution in [-0.2, 0) is 6.54 Å². The molecule has 0 aliphatic rings. The molecule has 0 aliphatic heterocycles. The van der Waals surface area contributed by atoms with E-state index >= 15 is 0 Å². The monoisotopic (exact) mass is 364 g/mol. The molecule has 0 aliphatic carbocycles. The Kier molecular flexibility index (Phi) is 4.40. The molecule has 0 fully saturated rings. The predicted octanol–water partition coefficient (Wildman–Crippen LogP) is 4.70. The van der Waals surface area contributed by atoms with Gasteiger partial charge in [-0.05, 0) is 35.9 Å². The third-order valence-electron chi connectivity index (χ3n) is 2.44. The summed E-state index contributed by atoms with van der Waals surface area (Å²) in [6.45, 7) is 0.731. The first kappa shape index (κ1) is 13.1. The van der Waals surface area contributed by atoms with Gasteiger partial charge in [0.05, 0.1) is 11.6 Å². The molecule has 1 N–H and O–H groups in total. The van der Waals surface area contributed by atoms with Crippen LogP contribution in [0.15, 0.2) is 51.4 Å². The van der Waals surface area contributed by atoms with Crippen LogP contribution in [0.4, 0.5) is 5.69 Å². The number of nitrogens with one attached hydrogen (secondary N) is 1. The zero-order valence-corrected chi connectivity index (χ0v) is 12.6. The summed E-state index contributed by atoms with van der Waals surface area (Å²) in [7, 11) is 0. The van der Waals surface area contributed by atoms with Crippen LogP contribution in [0.1, 0.15) is 11.1 Å². The first-order chi connectivity index (χ1) is 8.67. The Morgan fingerprint density at radius 2 is 1.72 bits per heavy atom. The topological polar surface area (TPSA) is 35.8 Å². The Bertz CT molecular complexity index is 586. The van der Waals surface area contributed by atoms with Gasteiger partial charge in [0, 0.05) is 21.2 Å². The lowest BCUT2D eigenvalue weighted by Crippen LogP contribution is -1.99. The average molecular weight is 366 g/mol. The van der Waals surface area contributed by atoms with Gasteiger partial charge >= 0.3 is 0 Å².